The Morgan fingerprint density at radius 2 is 2.16 bits per heavy atom. The van der Waals surface area contributed by atoms with E-state index in [0.717, 1.165) is 11.3 Å². The predicted molar refractivity (Wildman–Crippen MR) is 69.9 cm³/mol. The number of rotatable bonds is 4. The van der Waals surface area contributed by atoms with Gasteiger partial charge in [0, 0.05) is 19.2 Å². The fraction of sp³-hybridized carbons (Fsp3) is 0.308. The summed E-state index contributed by atoms with van der Waals surface area (Å²) in [6.07, 6.45) is 0. The first kappa shape index (κ1) is 13.1. The second kappa shape index (κ2) is 5.51. The molecule has 0 bridgehead atoms. The average molecular weight is 260 g/mol. The van der Waals surface area contributed by atoms with E-state index in [2.05, 4.69) is 15.2 Å². The van der Waals surface area contributed by atoms with Gasteiger partial charge in [-0.1, -0.05) is 18.2 Å². The molecule has 0 fully saturated rings. The van der Waals surface area contributed by atoms with E-state index in [9.17, 15) is 4.79 Å². The van der Waals surface area contributed by atoms with Gasteiger partial charge in [-0.05, 0) is 13.0 Å². The number of para-hydroxylation sites is 1. The first-order valence-electron chi connectivity index (χ1n) is 5.88. The number of aromatic nitrogens is 3. The maximum atomic E-state index is 12.1. The molecular weight excluding hydrogens is 244 g/mol. The van der Waals surface area contributed by atoms with Crippen LogP contribution < -0.4 is 4.74 Å². The Kier molecular flexibility index (Phi) is 3.79. The van der Waals surface area contributed by atoms with Gasteiger partial charge in [-0.2, -0.15) is 0 Å². The second-order valence-electron chi connectivity index (χ2n) is 4.22. The summed E-state index contributed by atoms with van der Waals surface area (Å²) < 4.78 is 5.26. The number of H-pyrrole nitrogens is 1. The minimum absolute atomic E-state index is 0.176. The lowest BCUT2D eigenvalue weighted by Gasteiger charge is -2.17. The topological polar surface area (TPSA) is 71.1 Å². The van der Waals surface area contributed by atoms with E-state index < -0.39 is 0 Å². The smallest absolute Gasteiger partial charge is 0.293 e. The molecule has 1 N–H and O–H groups in total. The van der Waals surface area contributed by atoms with Crippen LogP contribution in [0.1, 0.15) is 22.0 Å². The third-order valence-corrected chi connectivity index (χ3v) is 2.74. The van der Waals surface area contributed by atoms with Crippen LogP contribution in [-0.2, 0) is 6.54 Å². The molecule has 1 amide bonds. The summed E-state index contributed by atoms with van der Waals surface area (Å²) >= 11 is 0. The molecule has 0 radical (unpaired) electrons. The van der Waals surface area contributed by atoms with E-state index in [1.165, 1.54) is 0 Å². The van der Waals surface area contributed by atoms with Crippen LogP contribution in [-0.4, -0.2) is 40.1 Å². The van der Waals surface area contributed by atoms with E-state index in [-0.39, 0.29) is 11.7 Å². The summed E-state index contributed by atoms with van der Waals surface area (Å²) in [7, 11) is 3.32. The minimum Gasteiger partial charge on any atom is -0.496 e. The highest BCUT2D eigenvalue weighted by atomic mass is 16.5. The Bertz CT molecular complexity index is 580. The molecule has 0 saturated heterocycles. The summed E-state index contributed by atoms with van der Waals surface area (Å²) in [4.78, 5) is 17.7. The number of hydrogen-bond acceptors (Lipinski definition) is 4. The van der Waals surface area contributed by atoms with Crippen LogP contribution in [0, 0.1) is 6.92 Å². The van der Waals surface area contributed by atoms with Gasteiger partial charge in [0.1, 0.15) is 11.6 Å². The SMILES string of the molecule is COc1ccccc1CN(C)C(=O)c1n[nH]c(C)n1. The first-order chi connectivity index (χ1) is 9.11. The van der Waals surface area contributed by atoms with Crippen molar-refractivity contribution in [2.75, 3.05) is 14.2 Å². The summed E-state index contributed by atoms with van der Waals surface area (Å²) in [6, 6.07) is 7.59. The van der Waals surface area contributed by atoms with Crippen LogP contribution >= 0.6 is 0 Å². The van der Waals surface area contributed by atoms with Gasteiger partial charge < -0.3 is 9.64 Å². The molecule has 0 aliphatic rings. The van der Waals surface area contributed by atoms with Crippen molar-refractivity contribution in [3.63, 3.8) is 0 Å². The van der Waals surface area contributed by atoms with Crippen LogP contribution in [0.2, 0.25) is 0 Å². The zero-order valence-electron chi connectivity index (χ0n) is 11.2. The zero-order valence-corrected chi connectivity index (χ0v) is 11.2. The van der Waals surface area contributed by atoms with Crippen molar-refractivity contribution in [3.05, 3.63) is 41.5 Å². The standard InChI is InChI=1S/C13H16N4O2/c1-9-14-12(16-15-9)13(18)17(2)8-10-6-4-5-7-11(10)19-3/h4-7H,8H2,1-3H3,(H,14,15,16). The lowest BCUT2D eigenvalue weighted by molar-refractivity contribution is 0.0772. The summed E-state index contributed by atoms with van der Waals surface area (Å²) in [5.74, 6) is 1.33. The molecule has 0 atom stereocenters. The van der Waals surface area contributed by atoms with Gasteiger partial charge in [0.05, 0.1) is 7.11 Å². The molecule has 100 valence electrons. The maximum absolute atomic E-state index is 12.1. The third kappa shape index (κ3) is 2.90. The maximum Gasteiger partial charge on any atom is 0.293 e. The number of aromatic amines is 1. The van der Waals surface area contributed by atoms with Gasteiger partial charge >= 0.3 is 0 Å². The number of carbonyl (C=O) groups excluding carboxylic acids is 1. The lowest BCUT2D eigenvalue weighted by atomic mass is 10.2. The fourth-order valence-corrected chi connectivity index (χ4v) is 1.77. The number of ether oxygens (including phenoxy) is 1. The Morgan fingerprint density at radius 1 is 1.42 bits per heavy atom. The average Bonchev–Trinajstić information content (AvgIpc) is 2.85. The number of nitrogens with zero attached hydrogens (tertiary/aromatic N) is 3. The van der Waals surface area contributed by atoms with Crippen LogP contribution in [0.15, 0.2) is 24.3 Å². The van der Waals surface area contributed by atoms with Crippen molar-refractivity contribution < 1.29 is 9.53 Å². The van der Waals surface area contributed by atoms with E-state index in [4.69, 9.17) is 4.74 Å². The van der Waals surface area contributed by atoms with Crippen LogP contribution in [0.25, 0.3) is 0 Å². The predicted octanol–water partition coefficient (Wildman–Crippen LogP) is 1.39. The van der Waals surface area contributed by atoms with Crippen LogP contribution in [0.3, 0.4) is 0 Å². The largest absolute Gasteiger partial charge is 0.496 e. The van der Waals surface area contributed by atoms with E-state index in [0.29, 0.717) is 12.4 Å². The van der Waals surface area contributed by atoms with Crippen molar-refractivity contribution in [1.82, 2.24) is 20.1 Å². The van der Waals surface area contributed by atoms with Crippen LogP contribution in [0.4, 0.5) is 0 Å². The Morgan fingerprint density at radius 3 is 2.79 bits per heavy atom. The van der Waals surface area contributed by atoms with Gasteiger partial charge in [0.15, 0.2) is 0 Å². The lowest BCUT2D eigenvalue weighted by Crippen LogP contribution is -2.27. The second-order valence-corrected chi connectivity index (χ2v) is 4.22. The molecule has 6 nitrogen and oxygen atoms in total. The Balaban J connectivity index is 2.12. The number of methoxy groups -OCH3 is 1. The number of carbonyl (C=O) groups is 1. The van der Waals surface area contributed by atoms with Gasteiger partial charge in [-0.3, -0.25) is 9.89 Å². The quantitative estimate of drug-likeness (QED) is 0.901. The molecule has 0 saturated carbocycles. The number of benzene rings is 1. The molecule has 1 heterocycles. The molecule has 1 aromatic carbocycles. The molecule has 19 heavy (non-hydrogen) atoms. The Hall–Kier alpha value is -2.37. The van der Waals surface area contributed by atoms with Gasteiger partial charge in [0.25, 0.3) is 5.91 Å². The molecule has 1 aromatic heterocycles. The molecule has 0 spiro atoms. The zero-order chi connectivity index (χ0) is 13.8. The van der Waals surface area contributed by atoms with E-state index in [1.807, 2.05) is 24.3 Å². The summed E-state index contributed by atoms with van der Waals surface area (Å²) in [5, 5.41) is 6.52. The number of hydrogen-bond donors (Lipinski definition) is 1. The van der Waals surface area contributed by atoms with E-state index in [1.54, 1.807) is 26.0 Å². The first-order valence-corrected chi connectivity index (χ1v) is 5.88. The third-order valence-electron chi connectivity index (χ3n) is 2.74. The van der Waals surface area contributed by atoms with Crippen molar-refractivity contribution in [1.29, 1.82) is 0 Å². The molecule has 0 aliphatic carbocycles. The molecule has 0 unspecified atom stereocenters. The van der Waals surface area contributed by atoms with Gasteiger partial charge in [-0.25, -0.2) is 4.98 Å². The highest BCUT2D eigenvalue weighted by molar-refractivity contribution is 5.90. The normalized spacial score (nSPS) is 10.3. The molecule has 2 aromatic rings. The number of nitrogens with one attached hydrogen (secondary N) is 1. The fourth-order valence-electron chi connectivity index (χ4n) is 1.77. The molecule has 0 aliphatic heterocycles. The van der Waals surface area contributed by atoms with Gasteiger partial charge in [-0.15, -0.1) is 5.10 Å². The van der Waals surface area contributed by atoms with Crippen molar-refractivity contribution in [3.8, 4) is 5.75 Å². The van der Waals surface area contributed by atoms with Crippen molar-refractivity contribution in [2.45, 2.75) is 13.5 Å². The van der Waals surface area contributed by atoms with E-state index >= 15 is 0 Å². The number of amides is 1. The molecular formula is C13H16N4O2. The van der Waals surface area contributed by atoms with Crippen LogP contribution in [0.5, 0.6) is 5.75 Å². The summed E-state index contributed by atoms with van der Waals surface area (Å²) in [5.41, 5.74) is 0.938. The van der Waals surface area contributed by atoms with Gasteiger partial charge in [0.2, 0.25) is 5.82 Å². The number of aryl methyl sites for hydroxylation is 1. The highest BCUT2D eigenvalue weighted by Gasteiger charge is 2.17. The monoisotopic (exact) mass is 260 g/mol. The summed E-state index contributed by atoms with van der Waals surface area (Å²) in [6.45, 7) is 2.19. The Labute approximate surface area is 111 Å². The molecule has 6 heteroatoms. The highest BCUT2D eigenvalue weighted by Crippen LogP contribution is 2.19. The minimum atomic E-state index is -0.227. The van der Waals surface area contributed by atoms with Crippen molar-refractivity contribution >= 4 is 5.91 Å². The molecule has 2 rings (SSSR count). The van der Waals surface area contributed by atoms with Crippen molar-refractivity contribution in [2.24, 2.45) is 0 Å².